The highest BCUT2D eigenvalue weighted by Gasteiger charge is 2.30. The summed E-state index contributed by atoms with van der Waals surface area (Å²) >= 11 is 2.74. The summed E-state index contributed by atoms with van der Waals surface area (Å²) in [5.41, 5.74) is 4.36. The first kappa shape index (κ1) is 30.5. The fraction of sp³-hybridized carbons (Fsp3) is 0.212. The minimum Gasteiger partial charge on any atom is -0.491 e. The van der Waals surface area contributed by atoms with Gasteiger partial charge in [-0.2, -0.15) is 0 Å². The molecule has 230 valence electrons. The van der Waals surface area contributed by atoms with E-state index in [0.29, 0.717) is 64.4 Å². The van der Waals surface area contributed by atoms with E-state index in [0.717, 1.165) is 27.1 Å². The van der Waals surface area contributed by atoms with Crippen LogP contribution in [0.3, 0.4) is 0 Å². The first-order chi connectivity index (χ1) is 21.8. The van der Waals surface area contributed by atoms with E-state index in [9.17, 15) is 14.0 Å². The number of rotatable bonds is 10. The summed E-state index contributed by atoms with van der Waals surface area (Å²) in [6.45, 7) is 9.20. The smallest absolute Gasteiger partial charge is 0.251 e. The standard InChI is InChI=1S/C33H28F2N4O4S2/c1-4-26(40)39-11-8-24-25(17-39)45-33(37-24)30-28(27(23(35)7-10-34)18(2)43-13-12-42-3)31-22(9-14-44-31)29(38-30)19-5-6-21-20(15-19)16-36-32(21)41/h4-7,9-10,14-15H,1-2,8,11-13,16-17H2,3H3,(H,36,41)/b10-7+,27-23-. The molecule has 0 fully saturated rings. The Balaban J connectivity index is 1.60. The van der Waals surface area contributed by atoms with Crippen molar-refractivity contribution in [3.63, 3.8) is 0 Å². The fourth-order valence-corrected chi connectivity index (χ4v) is 7.54. The quantitative estimate of drug-likeness (QED) is 0.0888. The number of benzene rings is 1. The average Bonchev–Trinajstić information content (AvgIpc) is 3.79. The molecule has 0 radical (unpaired) electrons. The first-order valence-corrected chi connectivity index (χ1v) is 15.7. The Morgan fingerprint density at radius 2 is 2.07 bits per heavy atom. The second-order valence-electron chi connectivity index (χ2n) is 10.3. The Hall–Kier alpha value is -4.52. The number of nitrogens with zero attached hydrogens (tertiary/aromatic N) is 3. The van der Waals surface area contributed by atoms with Crippen molar-refractivity contribution in [1.29, 1.82) is 0 Å². The number of thiazole rings is 1. The minimum atomic E-state index is -0.892. The Kier molecular flexibility index (Phi) is 8.70. The molecule has 12 heteroatoms. The molecule has 0 spiro atoms. The van der Waals surface area contributed by atoms with Gasteiger partial charge in [-0.25, -0.2) is 18.7 Å². The van der Waals surface area contributed by atoms with Gasteiger partial charge in [-0.1, -0.05) is 19.2 Å². The molecule has 1 aromatic carbocycles. The predicted octanol–water partition coefficient (Wildman–Crippen LogP) is 6.74. The lowest BCUT2D eigenvalue weighted by molar-refractivity contribution is -0.126. The van der Waals surface area contributed by atoms with Crippen molar-refractivity contribution < 1.29 is 27.8 Å². The SMILES string of the molecule is C=CC(=O)N1CCc2nc(-c3nc(-c4ccc5c(c4)CNC5=O)c4ccsc4c3/C(C(=C)OCCOC)=C(F)/C=C/F)sc2C1. The number of thiophene rings is 1. The number of fused-ring (bicyclic) bond motifs is 3. The fourth-order valence-electron chi connectivity index (χ4n) is 5.48. The third-order valence-electron chi connectivity index (χ3n) is 7.63. The molecule has 2 aliphatic heterocycles. The van der Waals surface area contributed by atoms with Crippen LogP contribution in [0.25, 0.3) is 37.6 Å². The van der Waals surface area contributed by atoms with Crippen LogP contribution in [-0.4, -0.2) is 53.6 Å². The lowest BCUT2D eigenvalue weighted by Crippen LogP contribution is -2.34. The number of hydrogen-bond donors (Lipinski definition) is 1. The maximum absolute atomic E-state index is 15.9. The number of pyridine rings is 1. The average molecular weight is 647 g/mol. The van der Waals surface area contributed by atoms with E-state index in [2.05, 4.69) is 18.5 Å². The topological polar surface area (TPSA) is 93.7 Å². The third kappa shape index (κ3) is 5.72. The molecule has 1 N–H and O–H groups in total. The van der Waals surface area contributed by atoms with E-state index in [1.165, 1.54) is 35.9 Å². The second-order valence-corrected chi connectivity index (χ2v) is 12.3. The zero-order chi connectivity index (χ0) is 31.7. The summed E-state index contributed by atoms with van der Waals surface area (Å²) in [6, 6.07) is 7.44. The molecule has 0 saturated carbocycles. The maximum atomic E-state index is 15.9. The number of carbonyl (C=O) groups is 2. The Bertz CT molecular complexity index is 1930. The number of halogens is 2. The monoisotopic (exact) mass is 646 g/mol. The molecule has 45 heavy (non-hydrogen) atoms. The van der Waals surface area contributed by atoms with Gasteiger partial charge in [-0.3, -0.25) is 9.59 Å². The molecule has 3 aromatic heterocycles. The molecule has 2 amide bonds. The Morgan fingerprint density at radius 1 is 1.22 bits per heavy atom. The van der Waals surface area contributed by atoms with Crippen molar-refractivity contribution in [1.82, 2.24) is 20.2 Å². The summed E-state index contributed by atoms with van der Waals surface area (Å²) in [7, 11) is 1.52. The molecule has 6 rings (SSSR count). The van der Waals surface area contributed by atoms with Gasteiger partial charge in [0, 0.05) is 64.3 Å². The van der Waals surface area contributed by atoms with Crippen LogP contribution in [0.1, 0.15) is 32.1 Å². The van der Waals surface area contributed by atoms with Gasteiger partial charge in [0.25, 0.3) is 5.91 Å². The minimum absolute atomic E-state index is 0.0145. The molecule has 0 bridgehead atoms. The maximum Gasteiger partial charge on any atom is 0.251 e. The Labute approximate surface area is 266 Å². The van der Waals surface area contributed by atoms with Crippen LogP contribution < -0.4 is 5.32 Å². The normalized spacial score (nSPS) is 14.7. The summed E-state index contributed by atoms with van der Waals surface area (Å²) < 4.78 is 40.9. The van der Waals surface area contributed by atoms with E-state index in [-0.39, 0.29) is 42.7 Å². The lowest BCUT2D eigenvalue weighted by Gasteiger charge is -2.24. The number of methoxy groups -OCH3 is 1. The molecular weight excluding hydrogens is 619 g/mol. The molecule has 0 aliphatic carbocycles. The van der Waals surface area contributed by atoms with Crippen molar-refractivity contribution in [3.05, 3.63) is 100 Å². The predicted molar refractivity (Wildman–Crippen MR) is 172 cm³/mol. The van der Waals surface area contributed by atoms with E-state index < -0.39 is 5.83 Å². The highest BCUT2D eigenvalue weighted by Crippen LogP contribution is 2.46. The first-order valence-electron chi connectivity index (χ1n) is 14.1. The van der Waals surface area contributed by atoms with Crippen LogP contribution >= 0.6 is 22.7 Å². The summed E-state index contributed by atoms with van der Waals surface area (Å²) in [5.74, 6) is -1.20. The molecule has 2 aliphatic rings. The Morgan fingerprint density at radius 3 is 2.84 bits per heavy atom. The van der Waals surface area contributed by atoms with Crippen LogP contribution in [0.4, 0.5) is 8.78 Å². The number of carbonyl (C=O) groups excluding carboxylic acids is 2. The van der Waals surface area contributed by atoms with Gasteiger partial charge in [0.1, 0.15) is 28.9 Å². The molecule has 5 heterocycles. The van der Waals surface area contributed by atoms with Crippen LogP contribution in [0, 0.1) is 0 Å². The molecular formula is C33H28F2N4O4S2. The van der Waals surface area contributed by atoms with Gasteiger partial charge in [0.15, 0.2) is 0 Å². The van der Waals surface area contributed by atoms with Crippen molar-refractivity contribution in [2.75, 3.05) is 26.9 Å². The number of allylic oxidation sites excluding steroid dienone is 3. The van der Waals surface area contributed by atoms with Gasteiger partial charge in [-0.05, 0) is 35.2 Å². The van der Waals surface area contributed by atoms with Gasteiger partial charge in [0.2, 0.25) is 5.91 Å². The molecule has 0 atom stereocenters. The van der Waals surface area contributed by atoms with E-state index in [1.54, 1.807) is 11.0 Å². The number of amides is 2. The van der Waals surface area contributed by atoms with Gasteiger partial charge < -0.3 is 19.7 Å². The van der Waals surface area contributed by atoms with Crippen molar-refractivity contribution in [2.45, 2.75) is 19.5 Å². The highest BCUT2D eigenvalue weighted by atomic mass is 32.1. The zero-order valence-corrected chi connectivity index (χ0v) is 26.0. The summed E-state index contributed by atoms with van der Waals surface area (Å²) in [5, 5.41) is 5.96. The molecule has 0 saturated heterocycles. The summed E-state index contributed by atoms with van der Waals surface area (Å²) in [6.07, 6.45) is 2.66. The van der Waals surface area contributed by atoms with Crippen LogP contribution in [0.5, 0.6) is 0 Å². The molecule has 8 nitrogen and oxygen atoms in total. The highest BCUT2D eigenvalue weighted by molar-refractivity contribution is 7.18. The molecule has 0 unspecified atom stereocenters. The van der Waals surface area contributed by atoms with Crippen LogP contribution in [0.15, 0.2) is 72.9 Å². The van der Waals surface area contributed by atoms with Gasteiger partial charge in [-0.15, -0.1) is 22.7 Å². The third-order valence-corrected chi connectivity index (χ3v) is 9.65. The number of ether oxygens (including phenoxy) is 2. The largest absolute Gasteiger partial charge is 0.491 e. The van der Waals surface area contributed by atoms with Crippen LogP contribution in [-0.2, 0) is 33.8 Å². The second kappa shape index (κ2) is 12.8. The van der Waals surface area contributed by atoms with Gasteiger partial charge >= 0.3 is 0 Å². The number of hydrogen-bond acceptors (Lipinski definition) is 8. The van der Waals surface area contributed by atoms with E-state index >= 15 is 4.39 Å². The van der Waals surface area contributed by atoms with E-state index in [4.69, 9.17) is 19.4 Å². The molecule has 4 aromatic rings. The van der Waals surface area contributed by atoms with Crippen molar-refractivity contribution in [2.24, 2.45) is 0 Å². The zero-order valence-electron chi connectivity index (χ0n) is 24.3. The number of nitrogens with one attached hydrogen (secondary N) is 1. The van der Waals surface area contributed by atoms with Crippen molar-refractivity contribution >= 4 is 50.1 Å². The van der Waals surface area contributed by atoms with Crippen molar-refractivity contribution in [3.8, 4) is 22.0 Å². The summed E-state index contributed by atoms with van der Waals surface area (Å²) in [4.78, 5) is 37.3. The van der Waals surface area contributed by atoms with Gasteiger partial charge in [0.05, 0.1) is 36.4 Å². The lowest BCUT2D eigenvalue weighted by atomic mass is 9.96. The number of aromatic nitrogens is 2. The van der Waals surface area contributed by atoms with Crippen LogP contribution in [0.2, 0.25) is 0 Å². The van der Waals surface area contributed by atoms with E-state index in [1.807, 2.05) is 23.6 Å².